The fraction of sp³-hybridized carbons (Fsp3) is 0.875. The van der Waals surface area contributed by atoms with Gasteiger partial charge in [-0.1, -0.05) is 33.6 Å². The summed E-state index contributed by atoms with van der Waals surface area (Å²) >= 11 is 0. The first-order valence-corrected chi connectivity index (χ1v) is 3.79. The highest BCUT2D eigenvalue weighted by Gasteiger charge is 1.87. The van der Waals surface area contributed by atoms with E-state index in [2.05, 4.69) is 18.6 Å². The number of carbonyl (C=O) groups is 1. The van der Waals surface area contributed by atoms with Crippen LogP contribution in [0.5, 0.6) is 0 Å². The van der Waals surface area contributed by atoms with Crippen LogP contribution in [0.4, 0.5) is 0 Å². The van der Waals surface area contributed by atoms with E-state index < -0.39 is 0 Å². The highest BCUT2D eigenvalue weighted by Crippen LogP contribution is 1.77. The van der Waals surface area contributed by atoms with E-state index in [9.17, 15) is 4.79 Å². The van der Waals surface area contributed by atoms with Gasteiger partial charge in [-0.15, -0.1) is 0 Å². The highest BCUT2D eigenvalue weighted by molar-refractivity contribution is 5.68. The Balaban J connectivity index is 0. The quantitative estimate of drug-likeness (QED) is 0.559. The molecule has 0 N–H and O–H groups in total. The van der Waals surface area contributed by atoms with Gasteiger partial charge in [0.1, 0.15) is 0 Å². The minimum Gasteiger partial charge on any atom is -0.469 e. The summed E-state index contributed by atoms with van der Waals surface area (Å²) in [6.07, 6.45) is 3.11. The first kappa shape index (κ1) is 12.2. The maximum atomic E-state index is 9.96. The third kappa shape index (κ3) is 15.6. The van der Waals surface area contributed by atoms with E-state index in [0.717, 1.165) is 0 Å². The predicted octanol–water partition coefficient (Wildman–Crippen LogP) is 2.38. The summed E-state index contributed by atoms with van der Waals surface area (Å²) in [7, 11) is 1.38. The summed E-state index contributed by atoms with van der Waals surface area (Å²) in [4.78, 5) is 9.96. The van der Waals surface area contributed by atoms with E-state index in [4.69, 9.17) is 0 Å². The van der Waals surface area contributed by atoms with Crippen LogP contribution in [0.15, 0.2) is 0 Å². The van der Waals surface area contributed by atoms with Crippen molar-refractivity contribution in [3.05, 3.63) is 0 Å². The van der Waals surface area contributed by atoms with E-state index in [0.29, 0.717) is 6.42 Å². The molecule has 0 aliphatic carbocycles. The second-order valence-electron chi connectivity index (χ2n) is 1.93. The Hall–Kier alpha value is -0.530. The number of hydrogen-bond acceptors (Lipinski definition) is 2. The second-order valence-corrected chi connectivity index (χ2v) is 1.93. The molecule has 2 heteroatoms. The number of methoxy groups -OCH3 is 1. The van der Waals surface area contributed by atoms with Gasteiger partial charge in [0.15, 0.2) is 0 Å². The second kappa shape index (κ2) is 11.3. The van der Waals surface area contributed by atoms with Crippen molar-refractivity contribution in [1.29, 1.82) is 0 Å². The molecule has 0 saturated carbocycles. The third-order valence-corrected chi connectivity index (χ3v) is 1.02. The Labute approximate surface area is 63.6 Å². The molecule has 0 bridgehead atoms. The van der Waals surface area contributed by atoms with Crippen LogP contribution in [0.1, 0.15) is 40.0 Å². The summed E-state index contributed by atoms with van der Waals surface area (Å²) in [6.45, 7) is 6.12. The Morgan fingerprint density at radius 1 is 1.20 bits per heavy atom. The van der Waals surface area contributed by atoms with Gasteiger partial charge >= 0.3 is 5.97 Å². The van der Waals surface area contributed by atoms with Crippen LogP contribution in [0.25, 0.3) is 0 Å². The van der Waals surface area contributed by atoms with Crippen LogP contribution in [0.3, 0.4) is 0 Å². The lowest BCUT2D eigenvalue weighted by Gasteiger charge is -1.87. The average Bonchev–Trinajstić information content (AvgIpc) is 2.03. The van der Waals surface area contributed by atoms with E-state index >= 15 is 0 Å². The van der Waals surface area contributed by atoms with Crippen molar-refractivity contribution in [1.82, 2.24) is 0 Å². The van der Waals surface area contributed by atoms with Crippen LogP contribution in [-0.2, 0) is 9.53 Å². The van der Waals surface area contributed by atoms with Gasteiger partial charge in [-0.25, -0.2) is 0 Å². The normalized spacial score (nSPS) is 7.60. The Bertz CT molecular complexity index is 61.7. The molecule has 0 radical (unpaired) electrons. The minimum atomic E-state index is -0.157. The monoisotopic (exact) mass is 146 g/mol. The summed E-state index contributed by atoms with van der Waals surface area (Å²) in [5.41, 5.74) is 0. The molecule has 0 aromatic carbocycles. The Morgan fingerprint density at radius 3 is 1.60 bits per heavy atom. The van der Waals surface area contributed by atoms with E-state index in [1.807, 2.05) is 0 Å². The van der Waals surface area contributed by atoms with Crippen molar-refractivity contribution >= 4 is 5.97 Å². The fourth-order valence-electron chi connectivity index (χ4n) is 0.144. The molecule has 0 unspecified atom stereocenters. The molecule has 0 amide bonds. The van der Waals surface area contributed by atoms with Gasteiger partial charge in [-0.3, -0.25) is 4.79 Å². The molecule has 0 aliphatic rings. The van der Waals surface area contributed by atoms with Gasteiger partial charge in [-0.2, -0.15) is 0 Å². The number of ether oxygens (including phenoxy) is 1. The first-order valence-electron chi connectivity index (χ1n) is 3.79. The molecule has 62 valence electrons. The molecule has 2 nitrogen and oxygen atoms in total. The SMILES string of the molecule is CCC(=O)OC.CCCC. The molecule has 0 aromatic rings. The molecule has 0 heterocycles. The van der Waals surface area contributed by atoms with Crippen LogP contribution < -0.4 is 0 Å². The van der Waals surface area contributed by atoms with E-state index in [1.54, 1.807) is 6.92 Å². The fourth-order valence-corrected chi connectivity index (χ4v) is 0.144. The maximum absolute atomic E-state index is 9.96. The van der Waals surface area contributed by atoms with Gasteiger partial charge in [0, 0.05) is 6.42 Å². The summed E-state index contributed by atoms with van der Waals surface area (Å²) in [5, 5.41) is 0. The number of rotatable bonds is 2. The number of carbonyl (C=O) groups excluding carboxylic acids is 1. The molecule has 0 saturated heterocycles. The minimum absolute atomic E-state index is 0.157. The van der Waals surface area contributed by atoms with Gasteiger partial charge in [0.2, 0.25) is 0 Å². The first-order chi connectivity index (χ1) is 4.72. The van der Waals surface area contributed by atoms with Crippen LogP contribution in [0, 0.1) is 0 Å². The molecule has 0 aromatic heterocycles. The maximum Gasteiger partial charge on any atom is 0.305 e. The zero-order valence-corrected chi connectivity index (χ0v) is 7.44. The van der Waals surface area contributed by atoms with Crippen LogP contribution in [-0.4, -0.2) is 13.1 Å². The van der Waals surface area contributed by atoms with Crippen molar-refractivity contribution in [2.75, 3.05) is 7.11 Å². The van der Waals surface area contributed by atoms with Crippen LogP contribution >= 0.6 is 0 Å². The van der Waals surface area contributed by atoms with E-state index in [-0.39, 0.29) is 5.97 Å². The van der Waals surface area contributed by atoms with Crippen molar-refractivity contribution in [2.45, 2.75) is 40.0 Å². The predicted molar refractivity (Wildman–Crippen MR) is 42.9 cm³/mol. The third-order valence-electron chi connectivity index (χ3n) is 1.02. The highest BCUT2D eigenvalue weighted by atomic mass is 16.5. The number of esters is 1. The molecular formula is C8H18O2. The van der Waals surface area contributed by atoms with Crippen molar-refractivity contribution in [3.8, 4) is 0 Å². The standard InChI is InChI=1S/C4H8O2.C4H10/c1-3-4(5)6-2;1-3-4-2/h3H2,1-2H3;3-4H2,1-2H3. The molecule has 10 heavy (non-hydrogen) atoms. The molecular weight excluding hydrogens is 128 g/mol. The molecule has 0 atom stereocenters. The van der Waals surface area contributed by atoms with Gasteiger partial charge in [0.05, 0.1) is 7.11 Å². The summed E-state index contributed by atoms with van der Waals surface area (Å²) in [5.74, 6) is -0.157. The Morgan fingerprint density at radius 2 is 1.60 bits per heavy atom. The zero-order chi connectivity index (χ0) is 8.41. The van der Waals surface area contributed by atoms with Gasteiger partial charge in [0.25, 0.3) is 0 Å². The largest absolute Gasteiger partial charge is 0.469 e. The van der Waals surface area contributed by atoms with Gasteiger partial charge in [-0.05, 0) is 0 Å². The van der Waals surface area contributed by atoms with Crippen molar-refractivity contribution < 1.29 is 9.53 Å². The zero-order valence-electron chi connectivity index (χ0n) is 7.44. The Kier molecular flexibility index (Phi) is 13.7. The average molecular weight is 146 g/mol. The van der Waals surface area contributed by atoms with E-state index in [1.165, 1.54) is 20.0 Å². The molecule has 0 spiro atoms. The lowest BCUT2D eigenvalue weighted by Crippen LogP contribution is -1.94. The lowest BCUT2D eigenvalue weighted by molar-refractivity contribution is -0.140. The molecule has 0 fully saturated rings. The summed E-state index contributed by atoms with van der Waals surface area (Å²) in [6, 6.07) is 0. The topological polar surface area (TPSA) is 26.3 Å². The summed E-state index contributed by atoms with van der Waals surface area (Å²) < 4.78 is 4.26. The van der Waals surface area contributed by atoms with Crippen LogP contribution in [0.2, 0.25) is 0 Å². The molecule has 0 rings (SSSR count). The van der Waals surface area contributed by atoms with Crippen molar-refractivity contribution in [3.63, 3.8) is 0 Å². The number of unbranched alkanes of at least 4 members (excludes halogenated alkanes) is 1. The molecule has 0 aliphatic heterocycles. The van der Waals surface area contributed by atoms with Gasteiger partial charge < -0.3 is 4.74 Å². The van der Waals surface area contributed by atoms with Crippen molar-refractivity contribution in [2.24, 2.45) is 0 Å². The lowest BCUT2D eigenvalue weighted by atomic mass is 10.4. The smallest absolute Gasteiger partial charge is 0.305 e. The number of hydrogen-bond donors (Lipinski definition) is 0.